The SMILES string of the molecule is COc1ccc(CNC(=O)CCC(=O)c2ccc(C)c(C)c2)cc1. The van der Waals surface area contributed by atoms with Crippen LogP contribution in [-0.2, 0) is 11.3 Å². The van der Waals surface area contributed by atoms with E-state index >= 15 is 0 Å². The minimum Gasteiger partial charge on any atom is -0.497 e. The summed E-state index contributed by atoms with van der Waals surface area (Å²) in [6, 6.07) is 13.1. The number of rotatable bonds is 7. The average Bonchev–Trinajstić information content (AvgIpc) is 2.60. The van der Waals surface area contributed by atoms with Crippen molar-refractivity contribution in [1.82, 2.24) is 5.32 Å². The van der Waals surface area contributed by atoms with Gasteiger partial charge in [-0.3, -0.25) is 9.59 Å². The summed E-state index contributed by atoms with van der Waals surface area (Å²) in [4.78, 5) is 24.1. The van der Waals surface area contributed by atoms with Crippen molar-refractivity contribution in [2.75, 3.05) is 7.11 Å². The molecule has 2 rings (SSSR count). The Morgan fingerprint density at radius 3 is 2.29 bits per heavy atom. The van der Waals surface area contributed by atoms with E-state index in [1.807, 2.05) is 56.3 Å². The van der Waals surface area contributed by atoms with Crippen molar-refractivity contribution in [3.63, 3.8) is 0 Å². The molecule has 0 spiro atoms. The molecule has 4 heteroatoms. The summed E-state index contributed by atoms with van der Waals surface area (Å²) in [6.45, 7) is 4.44. The number of methoxy groups -OCH3 is 1. The van der Waals surface area contributed by atoms with Crippen molar-refractivity contribution in [3.8, 4) is 5.75 Å². The number of hydrogen-bond acceptors (Lipinski definition) is 3. The molecular weight excluding hydrogens is 302 g/mol. The maximum Gasteiger partial charge on any atom is 0.220 e. The number of ether oxygens (including phenoxy) is 1. The van der Waals surface area contributed by atoms with Gasteiger partial charge in [-0.1, -0.05) is 24.3 Å². The number of aryl methyl sites for hydroxylation is 2. The Hall–Kier alpha value is -2.62. The van der Waals surface area contributed by atoms with Gasteiger partial charge in [0.25, 0.3) is 0 Å². The van der Waals surface area contributed by atoms with E-state index in [1.165, 1.54) is 0 Å². The van der Waals surface area contributed by atoms with Crippen LogP contribution in [0, 0.1) is 13.8 Å². The Balaban J connectivity index is 1.79. The van der Waals surface area contributed by atoms with Crippen molar-refractivity contribution in [2.24, 2.45) is 0 Å². The molecule has 0 radical (unpaired) electrons. The molecule has 0 aliphatic rings. The number of benzene rings is 2. The van der Waals surface area contributed by atoms with Gasteiger partial charge in [-0.05, 0) is 48.7 Å². The first-order valence-electron chi connectivity index (χ1n) is 7.99. The van der Waals surface area contributed by atoms with Gasteiger partial charge in [-0.25, -0.2) is 0 Å². The van der Waals surface area contributed by atoms with Crippen LogP contribution in [-0.4, -0.2) is 18.8 Å². The molecule has 0 saturated carbocycles. The van der Waals surface area contributed by atoms with E-state index in [2.05, 4.69) is 5.32 Å². The highest BCUT2D eigenvalue weighted by atomic mass is 16.5. The Kier molecular flexibility index (Phi) is 6.13. The van der Waals surface area contributed by atoms with Crippen molar-refractivity contribution in [1.29, 1.82) is 0 Å². The number of carbonyl (C=O) groups is 2. The Labute approximate surface area is 142 Å². The molecule has 0 aliphatic heterocycles. The first-order chi connectivity index (χ1) is 11.5. The van der Waals surface area contributed by atoms with Crippen LogP contribution in [0.2, 0.25) is 0 Å². The molecule has 2 aromatic rings. The number of nitrogens with one attached hydrogen (secondary N) is 1. The summed E-state index contributed by atoms with van der Waals surface area (Å²) >= 11 is 0. The van der Waals surface area contributed by atoms with Crippen molar-refractivity contribution >= 4 is 11.7 Å². The van der Waals surface area contributed by atoms with E-state index in [0.29, 0.717) is 12.1 Å². The largest absolute Gasteiger partial charge is 0.497 e. The van der Waals surface area contributed by atoms with E-state index in [9.17, 15) is 9.59 Å². The van der Waals surface area contributed by atoms with Crippen molar-refractivity contribution in [2.45, 2.75) is 33.2 Å². The average molecular weight is 325 g/mol. The number of carbonyl (C=O) groups excluding carboxylic acids is 2. The summed E-state index contributed by atoms with van der Waals surface area (Å²) in [7, 11) is 1.61. The zero-order chi connectivity index (χ0) is 17.5. The van der Waals surface area contributed by atoms with E-state index in [-0.39, 0.29) is 24.5 Å². The molecular formula is C20H23NO3. The first-order valence-corrected chi connectivity index (χ1v) is 7.99. The second-order valence-corrected chi connectivity index (χ2v) is 5.85. The fourth-order valence-electron chi connectivity index (χ4n) is 2.32. The molecule has 1 N–H and O–H groups in total. The lowest BCUT2D eigenvalue weighted by atomic mass is 10.0. The van der Waals surface area contributed by atoms with Gasteiger partial charge in [0.2, 0.25) is 5.91 Å². The predicted octanol–water partition coefficient (Wildman–Crippen LogP) is 3.59. The highest BCUT2D eigenvalue weighted by Crippen LogP contribution is 2.13. The summed E-state index contributed by atoms with van der Waals surface area (Å²) in [5.74, 6) is 0.657. The second kappa shape index (κ2) is 8.29. The van der Waals surface area contributed by atoms with E-state index in [4.69, 9.17) is 4.74 Å². The smallest absolute Gasteiger partial charge is 0.220 e. The Bertz CT molecular complexity index is 720. The third-order valence-corrected chi connectivity index (χ3v) is 4.06. The van der Waals surface area contributed by atoms with E-state index < -0.39 is 0 Å². The van der Waals surface area contributed by atoms with Gasteiger partial charge in [0.1, 0.15) is 5.75 Å². The molecule has 24 heavy (non-hydrogen) atoms. The third-order valence-electron chi connectivity index (χ3n) is 4.06. The minimum absolute atomic E-state index is 0.00213. The summed E-state index contributed by atoms with van der Waals surface area (Å²) in [6.07, 6.45) is 0.416. The van der Waals surface area contributed by atoms with Gasteiger partial charge in [0.05, 0.1) is 7.11 Å². The Morgan fingerprint density at radius 1 is 0.958 bits per heavy atom. The lowest BCUT2D eigenvalue weighted by Gasteiger charge is -2.07. The Morgan fingerprint density at radius 2 is 1.67 bits per heavy atom. The molecule has 0 saturated heterocycles. The quantitative estimate of drug-likeness (QED) is 0.792. The molecule has 0 fully saturated rings. The fraction of sp³-hybridized carbons (Fsp3) is 0.300. The van der Waals surface area contributed by atoms with Gasteiger partial charge in [0, 0.05) is 24.9 Å². The van der Waals surface area contributed by atoms with Gasteiger partial charge < -0.3 is 10.1 Å². The van der Waals surface area contributed by atoms with Gasteiger partial charge in [0.15, 0.2) is 5.78 Å². The first kappa shape index (κ1) is 17.7. The van der Waals surface area contributed by atoms with Crippen molar-refractivity contribution < 1.29 is 14.3 Å². The van der Waals surface area contributed by atoms with Crippen LogP contribution in [0.5, 0.6) is 5.75 Å². The lowest BCUT2D eigenvalue weighted by Crippen LogP contribution is -2.23. The zero-order valence-electron chi connectivity index (χ0n) is 14.4. The maximum absolute atomic E-state index is 12.2. The number of ketones is 1. The van der Waals surface area contributed by atoms with Crippen LogP contribution in [0.4, 0.5) is 0 Å². The number of Topliss-reactive ketones (excluding diaryl/α,β-unsaturated/α-hetero) is 1. The van der Waals surface area contributed by atoms with Gasteiger partial charge in [-0.2, -0.15) is 0 Å². The predicted molar refractivity (Wildman–Crippen MR) is 94.3 cm³/mol. The molecule has 0 aromatic heterocycles. The molecule has 1 amide bonds. The molecule has 126 valence electrons. The van der Waals surface area contributed by atoms with Crippen LogP contribution in [0.3, 0.4) is 0 Å². The molecule has 0 bridgehead atoms. The maximum atomic E-state index is 12.2. The third kappa shape index (κ3) is 4.95. The van der Waals surface area contributed by atoms with Crippen molar-refractivity contribution in [3.05, 3.63) is 64.7 Å². The number of hydrogen-bond donors (Lipinski definition) is 1. The van der Waals surface area contributed by atoms with Gasteiger partial charge in [-0.15, -0.1) is 0 Å². The number of amides is 1. The minimum atomic E-state index is -0.122. The normalized spacial score (nSPS) is 10.3. The highest BCUT2D eigenvalue weighted by Gasteiger charge is 2.10. The van der Waals surface area contributed by atoms with Crippen LogP contribution in [0.15, 0.2) is 42.5 Å². The molecule has 4 nitrogen and oxygen atoms in total. The lowest BCUT2D eigenvalue weighted by molar-refractivity contribution is -0.121. The standard InChI is InChI=1S/C20H23NO3/c1-14-4-7-17(12-15(14)2)19(22)10-11-20(23)21-13-16-5-8-18(24-3)9-6-16/h4-9,12H,10-11,13H2,1-3H3,(H,21,23). The molecule has 0 unspecified atom stereocenters. The molecule has 0 heterocycles. The van der Waals surface area contributed by atoms with E-state index in [0.717, 1.165) is 22.4 Å². The van der Waals surface area contributed by atoms with Crippen LogP contribution in [0.1, 0.15) is 39.9 Å². The van der Waals surface area contributed by atoms with Crippen LogP contribution < -0.4 is 10.1 Å². The summed E-state index contributed by atoms with van der Waals surface area (Å²) in [5, 5.41) is 2.83. The summed E-state index contributed by atoms with van der Waals surface area (Å²) in [5.41, 5.74) is 3.90. The molecule has 0 aliphatic carbocycles. The molecule has 2 aromatic carbocycles. The van der Waals surface area contributed by atoms with Crippen LogP contribution >= 0.6 is 0 Å². The monoisotopic (exact) mass is 325 g/mol. The van der Waals surface area contributed by atoms with E-state index in [1.54, 1.807) is 7.11 Å². The van der Waals surface area contributed by atoms with Gasteiger partial charge >= 0.3 is 0 Å². The second-order valence-electron chi connectivity index (χ2n) is 5.85. The summed E-state index contributed by atoms with van der Waals surface area (Å²) < 4.78 is 5.09. The topological polar surface area (TPSA) is 55.4 Å². The molecule has 0 atom stereocenters. The highest BCUT2D eigenvalue weighted by molar-refractivity contribution is 5.98. The fourth-order valence-corrected chi connectivity index (χ4v) is 2.32. The zero-order valence-corrected chi connectivity index (χ0v) is 14.4. The van der Waals surface area contributed by atoms with Crippen LogP contribution in [0.25, 0.3) is 0 Å².